The molecule has 0 fully saturated rings. The number of nitrogens with two attached hydrogens (primary N) is 1. The number of nitrogens with zero attached hydrogens (tertiary/aromatic N) is 2. The summed E-state index contributed by atoms with van der Waals surface area (Å²) in [6, 6.07) is 4.88. The Hall–Kier alpha value is -2.37. The molecule has 0 spiro atoms. The van der Waals surface area contributed by atoms with Crippen molar-refractivity contribution in [2.45, 2.75) is 32.7 Å². The van der Waals surface area contributed by atoms with Crippen LogP contribution in [0.3, 0.4) is 0 Å². The monoisotopic (exact) mass is 275 g/mol. The number of carbonyl (C=O) groups is 2. The molecule has 20 heavy (non-hydrogen) atoms. The van der Waals surface area contributed by atoms with E-state index in [9.17, 15) is 9.59 Å². The normalized spacial score (nSPS) is 10.8. The van der Waals surface area contributed by atoms with Crippen LogP contribution in [0.2, 0.25) is 0 Å². The summed E-state index contributed by atoms with van der Waals surface area (Å²) in [5.74, 6) is -0.416. The maximum absolute atomic E-state index is 11.0. The number of fused-ring (bicyclic) bond motifs is 1. The predicted octanol–water partition coefficient (Wildman–Crippen LogP) is 1.56. The van der Waals surface area contributed by atoms with Gasteiger partial charge in [-0.1, -0.05) is 6.92 Å². The molecule has 0 atom stereocenters. The fourth-order valence-electron chi connectivity index (χ4n) is 2.24. The molecule has 0 saturated carbocycles. The second-order valence-electron chi connectivity index (χ2n) is 4.61. The Morgan fingerprint density at radius 3 is 2.75 bits per heavy atom. The van der Waals surface area contributed by atoms with Crippen LogP contribution in [-0.4, -0.2) is 26.5 Å². The van der Waals surface area contributed by atoms with E-state index in [1.54, 1.807) is 18.2 Å². The van der Waals surface area contributed by atoms with E-state index >= 15 is 0 Å². The minimum Gasteiger partial charge on any atom is -0.478 e. The van der Waals surface area contributed by atoms with Crippen LogP contribution in [0.25, 0.3) is 11.0 Å². The van der Waals surface area contributed by atoms with Crippen molar-refractivity contribution < 1.29 is 14.7 Å². The maximum Gasteiger partial charge on any atom is 0.335 e. The van der Waals surface area contributed by atoms with Gasteiger partial charge in [0.15, 0.2) is 0 Å². The first-order chi connectivity index (χ1) is 9.52. The first kappa shape index (κ1) is 14.0. The van der Waals surface area contributed by atoms with Gasteiger partial charge in [-0.25, -0.2) is 9.78 Å². The number of carboxylic acids is 1. The van der Waals surface area contributed by atoms with Gasteiger partial charge in [-0.15, -0.1) is 0 Å². The number of benzene rings is 1. The highest BCUT2D eigenvalue weighted by Crippen LogP contribution is 2.19. The van der Waals surface area contributed by atoms with Crippen LogP contribution < -0.4 is 5.73 Å². The third-order valence-electron chi connectivity index (χ3n) is 3.20. The van der Waals surface area contributed by atoms with E-state index in [-0.39, 0.29) is 11.5 Å². The molecule has 3 N–H and O–H groups in total. The molecule has 0 bridgehead atoms. The van der Waals surface area contributed by atoms with Gasteiger partial charge in [0.25, 0.3) is 0 Å². The molecular weight excluding hydrogens is 258 g/mol. The highest BCUT2D eigenvalue weighted by atomic mass is 16.4. The number of aromatic carboxylic acids is 1. The number of aryl methyl sites for hydroxylation is 2. The van der Waals surface area contributed by atoms with Gasteiger partial charge < -0.3 is 15.4 Å². The average Bonchev–Trinajstić information content (AvgIpc) is 2.75. The number of rotatable bonds is 6. The standard InChI is InChI=1S/C14H17N3O3/c1-2-13-16-10-6-5-9(14(19)20)8-11(10)17(13)7-3-4-12(15)18/h5-6,8H,2-4,7H2,1H3,(H2,15,18)(H,19,20). The molecule has 1 amide bonds. The second kappa shape index (κ2) is 5.73. The molecule has 2 aromatic rings. The lowest BCUT2D eigenvalue weighted by atomic mass is 10.2. The topological polar surface area (TPSA) is 98.2 Å². The molecule has 1 aromatic carbocycles. The lowest BCUT2D eigenvalue weighted by molar-refractivity contribution is -0.118. The van der Waals surface area contributed by atoms with Gasteiger partial charge in [-0.05, 0) is 24.6 Å². The fourth-order valence-corrected chi connectivity index (χ4v) is 2.24. The molecular formula is C14H17N3O3. The summed E-state index contributed by atoms with van der Waals surface area (Å²) in [7, 11) is 0. The van der Waals surface area contributed by atoms with E-state index in [0.29, 0.717) is 19.4 Å². The molecule has 6 nitrogen and oxygen atoms in total. The van der Waals surface area contributed by atoms with E-state index in [1.807, 2.05) is 11.5 Å². The zero-order chi connectivity index (χ0) is 14.7. The van der Waals surface area contributed by atoms with E-state index in [2.05, 4.69) is 4.98 Å². The molecule has 2 rings (SSSR count). The second-order valence-corrected chi connectivity index (χ2v) is 4.61. The number of aromatic nitrogens is 2. The summed E-state index contributed by atoms with van der Waals surface area (Å²) in [6.45, 7) is 2.59. The molecule has 0 aliphatic carbocycles. The molecule has 0 unspecified atom stereocenters. The summed E-state index contributed by atoms with van der Waals surface area (Å²) in [5, 5.41) is 9.06. The van der Waals surface area contributed by atoms with Crippen LogP contribution in [0.15, 0.2) is 18.2 Å². The van der Waals surface area contributed by atoms with Gasteiger partial charge in [0.05, 0.1) is 16.6 Å². The minimum absolute atomic E-state index is 0.233. The number of carboxylic acid groups (broad SMARTS) is 1. The molecule has 106 valence electrons. The van der Waals surface area contributed by atoms with Crippen molar-refractivity contribution in [2.24, 2.45) is 5.73 Å². The van der Waals surface area contributed by atoms with Crippen molar-refractivity contribution in [1.29, 1.82) is 0 Å². The average molecular weight is 275 g/mol. The van der Waals surface area contributed by atoms with Crippen molar-refractivity contribution in [2.75, 3.05) is 0 Å². The summed E-state index contributed by atoms with van der Waals surface area (Å²) in [6.07, 6.45) is 1.67. The quantitative estimate of drug-likeness (QED) is 0.835. The van der Waals surface area contributed by atoms with Crippen LogP contribution in [-0.2, 0) is 17.8 Å². The van der Waals surface area contributed by atoms with Crippen molar-refractivity contribution in [3.05, 3.63) is 29.6 Å². The third-order valence-corrected chi connectivity index (χ3v) is 3.20. The first-order valence-corrected chi connectivity index (χ1v) is 6.53. The van der Waals surface area contributed by atoms with Gasteiger partial charge in [-0.3, -0.25) is 4.79 Å². The number of primary amides is 1. The van der Waals surface area contributed by atoms with Crippen LogP contribution in [0.4, 0.5) is 0 Å². The molecule has 0 aliphatic heterocycles. The predicted molar refractivity (Wildman–Crippen MR) is 74.5 cm³/mol. The molecule has 0 aliphatic rings. The molecule has 6 heteroatoms. The van der Waals surface area contributed by atoms with Crippen LogP contribution in [0.1, 0.15) is 35.9 Å². The third kappa shape index (κ3) is 2.79. The van der Waals surface area contributed by atoms with Crippen molar-refractivity contribution >= 4 is 22.9 Å². The van der Waals surface area contributed by atoms with Crippen molar-refractivity contribution in [3.63, 3.8) is 0 Å². The highest BCUT2D eigenvalue weighted by molar-refractivity contribution is 5.92. The molecule has 0 saturated heterocycles. The van der Waals surface area contributed by atoms with Crippen LogP contribution in [0.5, 0.6) is 0 Å². The highest BCUT2D eigenvalue weighted by Gasteiger charge is 2.12. The minimum atomic E-state index is -0.963. The molecule has 1 aromatic heterocycles. The van der Waals surface area contributed by atoms with Gasteiger partial charge in [-0.2, -0.15) is 0 Å². The van der Waals surface area contributed by atoms with E-state index in [1.165, 1.54) is 0 Å². The van der Waals surface area contributed by atoms with Crippen LogP contribution >= 0.6 is 0 Å². The Kier molecular flexibility index (Phi) is 4.02. The Morgan fingerprint density at radius 1 is 1.40 bits per heavy atom. The van der Waals surface area contributed by atoms with E-state index in [0.717, 1.165) is 23.3 Å². The lowest BCUT2D eigenvalue weighted by Crippen LogP contribution is -2.12. The Morgan fingerprint density at radius 2 is 2.15 bits per heavy atom. The van der Waals surface area contributed by atoms with E-state index < -0.39 is 5.97 Å². The van der Waals surface area contributed by atoms with Crippen LogP contribution in [0, 0.1) is 0 Å². The van der Waals surface area contributed by atoms with Gasteiger partial charge in [0.1, 0.15) is 5.82 Å². The van der Waals surface area contributed by atoms with Crippen molar-refractivity contribution in [3.8, 4) is 0 Å². The van der Waals surface area contributed by atoms with Gasteiger partial charge in [0, 0.05) is 19.4 Å². The molecule has 0 radical (unpaired) electrons. The Labute approximate surface area is 116 Å². The summed E-state index contributed by atoms with van der Waals surface area (Å²) in [5.41, 5.74) is 6.92. The number of hydrogen-bond acceptors (Lipinski definition) is 3. The van der Waals surface area contributed by atoms with Crippen molar-refractivity contribution in [1.82, 2.24) is 9.55 Å². The van der Waals surface area contributed by atoms with Gasteiger partial charge >= 0.3 is 5.97 Å². The fraction of sp³-hybridized carbons (Fsp3) is 0.357. The largest absolute Gasteiger partial charge is 0.478 e. The smallest absolute Gasteiger partial charge is 0.335 e. The first-order valence-electron chi connectivity index (χ1n) is 6.53. The summed E-state index contributed by atoms with van der Waals surface area (Å²) < 4.78 is 1.96. The summed E-state index contributed by atoms with van der Waals surface area (Å²) in [4.78, 5) is 26.3. The zero-order valence-electron chi connectivity index (χ0n) is 11.3. The Bertz CT molecular complexity index is 661. The number of imidazole rings is 1. The number of amides is 1. The SMILES string of the molecule is CCc1nc2ccc(C(=O)O)cc2n1CCCC(N)=O. The molecule has 1 heterocycles. The number of hydrogen-bond donors (Lipinski definition) is 2. The number of carbonyl (C=O) groups excluding carboxylic acids is 1. The summed E-state index contributed by atoms with van der Waals surface area (Å²) >= 11 is 0. The van der Waals surface area contributed by atoms with E-state index in [4.69, 9.17) is 10.8 Å². The van der Waals surface area contributed by atoms with Gasteiger partial charge in [0.2, 0.25) is 5.91 Å². The zero-order valence-corrected chi connectivity index (χ0v) is 11.3. The lowest BCUT2D eigenvalue weighted by Gasteiger charge is -2.07. The maximum atomic E-state index is 11.0. The Balaban J connectivity index is 2.40.